The lowest BCUT2D eigenvalue weighted by molar-refractivity contribution is -0.166. The second-order valence-electron chi connectivity index (χ2n) is 8.13. The van der Waals surface area contributed by atoms with Crippen molar-refractivity contribution in [2.24, 2.45) is 5.73 Å². The Morgan fingerprint density at radius 3 is 2.34 bits per heavy atom. The molecule has 29 heavy (non-hydrogen) atoms. The van der Waals surface area contributed by atoms with Crippen LogP contribution in [0.1, 0.15) is 38.3 Å². The van der Waals surface area contributed by atoms with Gasteiger partial charge in [0.25, 0.3) is 11.8 Å². The summed E-state index contributed by atoms with van der Waals surface area (Å²) in [5.74, 6) is -3.41. The zero-order chi connectivity index (χ0) is 21.6. The standard InChI is InChI=1S/C20H26F2N4O3/c1-13(2)25-11-16(27)26(10-14-4-6-15(7-5-14)19(3,21)22)20(17(25)28)8-9-24(12-20)18(23)29/h4-7,13H,8-12H2,1-3H3,(H2,23,29). The molecule has 0 aliphatic carbocycles. The third kappa shape index (κ3) is 3.77. The predicted octanol–water partition coefficient (Wildman–Crippen LogP) is 1.90. The Kier molecular flexibility index (Phi) is 5.27. The molecular weight excluding hydrogens is 382 g/mol. The fraction of sp³-hybridized carbons (Fsp3) is 0.550. The van der Waals surface area contributed by atoms with Gasteiger partial charge < -0.3 is 20.4 Å². The van der Waals surface area contributed by atoms with Crippen LogP contribution >= 0.6 is 0 Å². The van der Waals surface area contributed by atoms with Gasteiger partial charge in [0.2, 0.25) is 5.91 Å². The molecular formula is C20H26F2N4O3. The molecule has 1 unspecified atom stereocenters. The molecule has 1 aromatic rings. The van der Waals surface area contributed by atoms with Gasteiger partial charge in [0.15, 0.2) is 0 Å². The van der Waals surface area contributed by atoms with Crippen molar-refractivity contribution in [3.8, 4) is 0 Å². The van der Waals surface area contributed by atoms with E-state index in [1.807, 2.05) is 13.8 Å². The molecule has 2 heterocycles. The molecule has 0 saturated carbocycles. The number of nitrogens with zero attached hydrogens (tertiary/aromatic N) is 3. The van der Waals surface area contributed by atoms with Crippen molar-refractivity contribution in [1.82, 2.24) is 14.7 Å². The Bertz CT molecular complexity index is 822. The number of carbonyl (C=O) groups is 3. The van der Waals surface area contributed by atoms with Crippen LogP contribution in [-0.4, -0.2) is 63.8 Å². The monoisotopic (exact) mass is 408 g/mol. The molecule has 3 rings (SSSR count). The number of likely N-dealkylation sites (tertiary alicyclic amines) is 1. The largest absolute Gasteiger partial charge is 0.351 e. The number of amides is 4. The number of piperazine rings is 1. The van der Waals surface area contributed by atoms with Crippen molar-refractivity contribution in [3.05, 3.63) is 35.4 Å². The Morgan fingerprint density at radius 2 is 1.86 bits per heavy atom. The molecule has 2 aliphatic heterocycles. The van der Waals surface area contributed by atoms with E-state index in [4.69, 9.17) is 5.73 Å². The molecule has 1 aromatic carbocycles. The minimum atomic E-state index is -2.96. The van der Waals surface area contributed by atoms with Crippen molar-refractivity contribution < 1.29 is 23.2 Å². The Morgan fingerprint density at radius 1 is 1.24 bits per heavy atom. The van der Waals surface area contributed by atoms with Crippen molar-refractivity contribution in [2.45, 2.75) is 51.2 Å². The molecule has 2 fully saturated rings. The van der Waals surface area contributed by atoms with Gasteiger partial charge >= 0.3 is 6.03 Å². The van der Waals surface area contributed by atoms with Crippen molar-refractivity contribution >= 4 is 17.8 Å². The Labute approximate surface area is 168 Å². The van der Waals surface area contributed by atoms with E-state index in [9.17, 15) is 23.2 Å². The van der Waals surface area contributed by atoms with Gasteiger partial charge in [-0.3, -0.25) is 9.59 Å². The van der Waals surface area contributed by atoms with Gasteiger partial charge in [0, 0.05) is 31.6 Å². The van der Waals surface area contributed by atoms with E-state index in [2.05, 4.69) is 0 Å². The van der Waals surface area contributed by atoms with E-state index < -0.39 is 17.5 Å². The molecule has 0 radical (unpaired) electrons. The van der Waals surface area contributed by atoms with E-state index in [1.165, 1.54) is 39.0 Å². The summed E-state index contributed by atoms with van der Waals surface area (Å²) in [5, 5.41) is 0. The van der Waals surface area contributed by atoms with E-state index in [0.29, 0.717) is 5.56 Å². The quantitative estimate of drug-likeness (QED) is 0.826. The van der Waals surface area contributed by atoms with Crippen LogP contribution < -0.4 is 5.73 Å². The number of carbonyl (C=O) groups excluding carboxylic acids is 3. The number of hydrogen-bond acceptors (Lipinski definition) is 3. The number of primary amides is 1. The van der Waals surface area contributed by atoms with Crippen LogP contribution in [0.5, 0.6) is 0 Å². The minimum absolute atomic E-state index is 0.0290. The van der Waals surface area contributed by atoms with Gasteiger partial charge in [0.05, 0.1) is 6.54 Å². The number of benzene rings is 1. The average Bonchev–Trinajstić information content (AvgIpc) is 3.08. The number of urea groups is 1. The summed E-state index contributed by atoms with van der Waals surface area (Å²) in [7, 11) is 0. The smallest absolute Gasteiger partial charge is 0.314 e. The average molecular weight is 408 g/mol. The van der Waals surface area contributed by atoms with Gasteiger partial charge in [-0.05, 0) is 25.8 Å². The zero-order valence-electron chi connectivity index (χ0n) is 16.8. The fourth-order valence-corrected chi connectivity index (χ4v) is 4.04. The van der Waals surface area contributed by atoms with Crippen LogP contribution in [0, 0.1) is 0 Å². The molecule has 0 bridgehead atoms. The number of alkyl halides is 2. The fourth-order valence-electron chi connectivity index (χ4n) is 4.04. The Balaban J connectivity index is 1.93. The third-order valence-electron chi connectivity index (χ3n) is 5.77. The van der Waals surface area contributed by atoms with Crippen LogP contribution in [0.15, 0.2) is 24.3 Å². The lowest BCUT2D eigenvalue weighted by atomic mass is 9.89. The molecule has 2 N–H and O–H groups in total. The highest BCUT2D eigenvalue weighted by atomic mass is 19.3. The highest BCUT2D eigenvalue weighted by Gasteiger charge is 2.56. The summed E-state index contributed by atoms with van der Waals surface area (Å²) in [6, 6.07) is 4.91. The lowest BCUT2D eigenvalue weighted by Gasteiger charge is -2.48. The SMILES string of the molecule is CC(C)N1CC(=O)N(Cc2ccc(C(C)(F)F)cc2)C2(CCN(C(N)=O)C2)C1=O. The van der Waals surface area contributed by atoms with Crippen LogP contribution in [-0.2, 0) is 22.1 Å². The number of nitrogens with two attached hydrogens (primary N) is 1. The number of hydrogen-bond donors (Lipinski definition) is 1. The summed E-state index contributed by atoms with van der Waals surface area (Å²) in [6.07, 6.45) is 0.287. The van der Waals surface area contributed by atoms with Crippen molar-refractivity contribution in [1.29, 1.82) is 0 Å². The van der Waals surface area contributed by atoms with Gasteiger partial charge in [-0.2, -0.15) is 0 Å². The molecule has 1 atom stereocenters. The first kappa shape index (κ1) is 21.0. The maximum Gasteiger partial charge on any atom is 0.314 e. The second kappa shape index (κ2) is 7.27. The molecule has 4 amide bonds. The molecule has 0 aromatic heterocycles. The highest BCUT2D eigenvalue weighted by molar-refractivity contribution is 5.99. The summed E-state index contributed by atoms with van der Waals surface area (Å²) in [5.41, 5.74) is 4.72. The van der Waals surface area contributed by atoms with Crippen LogP contribution in [0.2, 0.25) is 0 Å². The van der Waals surface area contributed by atoms with E-state index in [1.54, 1.807) is 0 Å². The normalized spacial score (nSPS) is 22.9. The van der Waals surface area contributed by atoms with Crippen molar-refractivity contribution in [3.63, 3.8) is 0 Å². The maximum absolute atomic E-state index is 13.5. The van der Waals surface area contributed by atoms with Gasteiger partial charge in [-0.25, -0.2) is 13.6 Å². The molecule has 2 aliphatic rings. The summed E-state index contributed by atoms with van der Waals surface area (Å²) >= 11 is 0. The van der Waals surface area contributed by atoms with Crippen LogP contribution in [0.4, 0.5) is 13.6 Å². The predicted molar refractivity (Wildman–Crippen MR) is 102 cm³/mol. The molecule has 2 saturated heterocycles. The third-order valence-corrected chi connectivity index (χ3v) is 5.77. The zero-order valence-corrected chi connectivity index (χ0v) is 16.8. The van der Waals surface area contributed by atoms with Crippen LogP contribution in [0.25, 0.3) is 0 Å². The number of halogens is 2. The molecule has 9 heteroatoms. The molecule has 1 spiro atoms. The second-order valence-corrected chi connectivity index (χ2v) is 8.13. The number of rotatable bonds is 4. The van der Waals surface area contributed by atoms with Gasteiger partial charge in [-0.1, -0.05) is 24.3 Å². The first-order valence-electron chi connectivity index (χ1n) is 9.59. The molecule has 7 nitrogen and oxygen atoms in total. The van der Waals surface area contributed by atoms with Crippen molar-refractivity contribution in [2.75, 3.05) is 19.6 Å². The first-order chi connectivity index (χ1) is 13.5. The van der Waals surface area contributed by atoms with Crippen LogP contribution in [0.3, 0.4) is 0 Å². The summed E-state index contributed by atoms with van der Waals surface area (Å²) in [6.45, 7) is 4.83. The minimum Gasteiger partial charge on any atom is -0.351 e. The lowest BCUT2D eigenvalue weighted by Crippen LogP contribution is -2.69. The van der Waals surface area contributed by atoms with Gasteiger partial charge in [-0.15, -0.1) is 0 Å². The summed E-state index contributed by atoms with van der Waals surface area (Å²) in [4.78, 5) is 42.4. The summed E-state index contributed by atoms with van der Waals surface area (Å²) < 4.78 is 26.9. The topological polar surface area (TPSA) is 86.9 Å². The van der Waals surface area contributed by atoms with Gasteiger partial charge in [0.1, 0.15) is 12.1 Å². The van der Waals surface area contributed by atoms with E-state index >= 15 is 0 Å². The first-order valence-corrected chi connectivity index (χ1v) is 9.59. The molecule has 158 valence electrons. The van der Waals surface area contributed by atoms with E-state index in [0.717, 1.165) is 6.92 Å². The maximum atomic E-state index is 13.5. The van der Waals surface area contributed by atoms with E-state index in [-0.39, 0.29) is 56.0 Å². The highest BCUT2D eigenvalue weighted by Crippen LogP contribution is 2.36. The Hall–Kier alpha value is -2.71.